The van der Waals surface area contributed by atoms with E-state index in [0.29, 0.717) is 38.5 Å². The normalized spacial score (nSPS) is 17.3. The van der Waals surface area contributed by atoms with Gasteiger partial charge in [-0.3, -0.25) is 4.40 Å². The van der Waals surface area contributed by atoms with Gasteiger partial charge in [0.15, 0.2) is 11.6 Å². The van der Waals surface area contributed by atoms with Crippen molar-refractivity contribution in [1.29, 1.82) is 0 Å². The van der Waals surface area contributed by atoms with Crippen LogP contribution in [0.15, 0.2) is 24.4 Å². The third-order valence-electron chi connectivity index (χ3n) is 4.06. The summed E-state index contributed by atoms with van der Waals surface area (Å²) >= 11 is 20.4. The zero-order valence-corrected chi connectivity index (χ0v) is 16.1. The second-order valence-corrected chi connectivity index (χ2v) is 8.30. The fourth-order valence-corrected chi connectivity index (χ4v) is 4.68. The first-order valence-electron chi connectivity index (χ1n) is 7.82. The predicted molar refractivity (Wildman–Crippen MR) is 104 cm³/mol. The number of hydrogen-bond acceptors (Lipinski definition) is 5. The molecule has 0 amide bonds. The Bertz CT molecular complexity index is 924. The molecule has 0 unspecified atom stereocenters. The molecule has 9 heteroatoms. The number of hydrogen-bond donors (Lipinski definition) is 1. The van der Waals surface area contributed by atoms with Gasteiger partial charge in [-0.1, -0.05) is 34.8 Å². The molecule has 0 aliphatic carbocycles. The summed E-state index contributed by atoms with van der Waals surface area (Å²) in [5.74, 6) is 2.65. The lowest BCUT2D eigenvalue weighted by atomic mass is 10.2. The van der Waals surface area contributed by atoms with Crippen LogP contribution in [0, 0.1) is 0 Å². The van der Waals surface area contributed by atoms with Gasteiger partial charge >= 0.3 is 0 Å². The van der Waals surface area contributed by atoms with E-state index >= 15 is 0 Å². The van der Waals surface area contributed by atoms with E-state index in [1.165, 1.54) is 6.42 Å². The summed E-state index contributed by atoms with van der Waals surface area (Å²) in [7, 11) is 0. The van der Waals surface area contributed by atoms with Crippen LogP contribution in [-0.2, 0) is 6.54 Å². The maximum absolute atomic E-state index is 6.22. The molecular weight excluding hydrogens is 401 g/mol. The zero-order chi connectivity index (χ0) is 17.4. The van der Waals surface area contributed by atoms with Crippen molar-refractivity contribution >= 4 is 58.0 Å². The highest BCUT2D eigenvalue weighted by atomic mass is 35.5. The second-order valence-electron chi connectivity index (χ2n) is 5.75. The molecule has 0 radical (unpaired) electrons. The van der Waals surface area contributed by atoms with E-state index in [9.17, 15) is 0 Å². The number of halogens is 3. The zero-order valence-electron chi connectivity index (χ0n) is 13.0. The largest absolute Gasteiger partial charge is 0.363 e. The van der Waals surface area contributed by atoms with Crippen LogP contribution in [-0.4, -0.2) is 25.3 Å². The molecule has 0 spiro atoms. The van der Waals surface area contributed by atoms with Gasteiger partial charge in [-0.05, 0) is 42.4 Å². The van der Waals surface area contributed by atoms with E-state index in [-0.39, 0.29) is 0 Å². The van der Waals surface area contributed by atoms with Gasteiger partial charge in [-0.2, -0.15) is 11.8 Å². The van der Waals surface area contributed by atoms with Crippen LogP contribution in [0.2, 0.25) is 15.2 Å². The van der Waals surface area contributed by atoms with Gasteiger partial charge in [0, 0.05) is 22.8 Å². The van der Waals surface area contributed by atoms with Crippen molar-refractivity contribution in [3.63, 3.8) is 0 Å². The van der Waals surface area contributed by atoms with E-state index < -0.39 is 0 Å². The molecule has 4 rings (SSSR count). The Balaban J connectivity index is 1.66. The molecule has 1 saturated heterocycles. The summed E-state index contributed by atoms with van der Waals surface area (Å²) < 4.78 is 1.93. The first kappa shape index (κ1) is 17.2. The molecule has 1 fully saturated rings. The van der Waals surface area contributed by atoms with Gasteiger partial charge in [0.1, 0.15) is 5.15 Å². The molecule has 5 nitrogen and oxygen atoms in total. The van der Waals surface area contributed by atoms with E-state index in [4.69, 9.17) is 34.8 Å². The molecule has 1 aromatic carbocycles. The lowest BCUT2D eigenvalue weighted by Crippen LogP contribution is -2.06. The fourth-order valence-electron chi connectivity index (χ4n) is 2.86. The molecule has 1 aliphatic heterocycles. The molecule has 1 N–H and O–H groups in total. The minimum atomic E-state index is 0.351. The first-order chi connectivity index (χ1) is 12.1. The van der Waals surface area contributed by atoms with Gasteiger partial charge in [0.05, 0.1) is 5.25 Å². The van der Waals surface area contributed by atoms with E-state index in [1.807, 2.05) is 22.2 Å². The highest BCUT2D eigenvalue weighted by molar-refractivity contribution is 7.99. The fraction of sp³-hybridized carbons (Fsp3) is 0.312. The van der Waals surface area contributed by atoms with Gasteiger partial charge in [-0.15, -0.1) is 10.2 Å². The average molecular weight is 415 g/mol. The van der Waals surface area contributed by atoms with Crippen LogP contribution in [0.3, 0.4) is 0 Å². The predicted octanol–water partition coefficient (Wildman–Crippen LogP) is 5.26. The SMILES string of the molecule is Clc1ccc(Cl)c(CNc2nc(Cl)cn3c([C@@H]4CCCS4)nnc23)c1. The van der Waals surface area contributed by atoms with E-state index in [0.717, 1.165) is 23.6 Å². The summed E-state index contributed by atoms with van der Waals surface area (Å²) in [4.78, 5) is 4.36. The Labute approximate surface area is 164 Å². The molecule has 1 atom stereocenters. The third-order valence-corrected chi connectivity index (χ3v) is 6.22. The average Bonchev–Trinajstić information content (AvgIpc) is 3.24. The van der Waals surface area contributed by atoms with Crippen LogP contribution in [0.5, 0.6) is 0 Å². The topological polar surface area (TPSA) is 55.1 Å². The molecule has 25 heavy (non-hydrogen) atoms. The van der Waals surface area contributed by atoms with Crippen LogP contribution < -0.4 is 5.32 Å². The van der Waals surface area contributed by atoms with Crippen molar-refractivity contribution < 1.29 is 0 Å². The standard InChI is InChI=1S/C16H14Cl3N5S/c17-10-3-4-11(18)9(6-10)7-20-14-16-23-22-15(12-2-1-5-25-12)24(16)8-13(19)21-14/h3-4,6,8,12H,1-2,5,7H2,(H,20,21)/t12-/m0/s1. The maximum Gasteiger partial charge on any atom is 0.203 e. The minimum Gasteiger partial charge on any atom is -0.363 e. The Morgan fingerprint density at radius 2 is 2.12 bits per heavy atom. The molecule has 1 aliphatic rings. The summed E-state index contributed by atoms with van der Waals surface area (Å²) in [6, 6.07) is 5.35. The highest BCUT2D eigenvalue weighted by Gasteiger charge is 2.24. The number of thioether (sulfide) groups is 1. The molecule has 130 valence electrons. The molecule has 3 aromatic rings. The molecule has 2 aromatic heterocycles. The van der Waals surface area contributed by atoms with Crippen molar-refractivity contribution in [3.05, 3.63) is 51.0 Å². The van der Waals surface area contributed by atoms with Gasteiger partial charge in [0.2, 0.25) is 5.65 Å². The number of nitrogens with zero attached hydrogens (tertiary/aromatic N) is 4. The van der Waals surface area contributed by atoms with Gasteiger partial charge in [0.25, 0.3) is 0 Å². The minimum absolute atomic E-state index is 0.351. The van der Waals surface area contributed by atoms with E-state index in [2.05, 4.69) is 20.5 Å². The lowest BCUT2D eigenvalue weighted by molar-refractivity contribution is 0.765. The summed E-state index contributed by atoms with van der Waals surface area (Å²) in [5.41, 5.74) is 1.53. The number of rotatable bonds is 4. The quantitative estimate of drug-likeness (QED) is 0.630. The Hall–Kier alpha value is -1.21. The summed E-state index contributed by atoms with van der Waals surface area (Å²) in [6.07, 6.45) is 4.07. The highest BCUT2D eigenvalue weighted by Crippen LogP contribution is 2.39. The second kappa shape index (κ2) is 7.19. The maximum atomic E-state index is 6.22. The van der Waals surface area contributed by atoms with Crippen LogP contribution in [0.4, 0.5) is 5.82 Å². The Kier molecular flexibility index (Phi) is 4.95. The number of aromatic nitrogens is 4. The van der Waals surface area contributed by atoms with Crippen molar-refractivity contribution in [2.24, 2.45) is 0 Å². The van der Waals surface area contributed by atoms with Crippen molar-refractivity contribution in [1.82, 2.24) is 19.6 Å². The lowest BCUT2D eigenvalue weighted by Gasteiger charge is -2.10. The van der Waals surface area contributed by atoms with Gasteiger partial charge in [-0.25, -0.2) is 4.98 Å². The monoisotopic (exact) mass is 413 g/mol. The molecule has 0 bridgehead atoms. The third kappa shape index (κ3) is 3.53. The Morgan fingerprint density at radius 3 is 2.92 bits per heavy atom. The van der Waals surface area contributed by atoms with Crippen LogP contribution in [0.1, 0.15) is 29.5 Å². The van der Waals surface area contributed by atoms with Crippen molar-refractivity contribution in [2.75, 3.05) is 11.1 Å². The number of benzene rings is 1. The number of anilines is 1. The molecule has 3 heterocycles. The first-order valence-corrected chi connectivity index (χ1v) is 10.0. The number of fused-ring (bicyclic) bond motifs is 1. The smallest absolute Gasteiger partial charge is 0.203 e. The summed E-state index contributed by atoms with van der Waals surface area (Å²) in [6.45, 7) is 0.461. The van der Waals surface area contributed by atoms with Crippen LogP contribution >= 0.6 is 46.6 Å². The van der Waals surface area contributed by atoms with Crippen LogP contribution in [0.25, 0.3) is 5.65 Å². The summed E-state index contributed by atoms with van der Waals surface area (Å²) in [5, 5.41) is 13.9. The van der Waals surface area contributed by atoms with Crippen molar-refractivity contribution in [3.8, 4) is 0 Å². The molecular formula is C16H14Cl3N5S. The Morgan fingerprint density at radius 1 is 1.24 bits per heavy atom. The van der Waals surface area contributed by atoms with Gasteiger partial charge < -0.3 is 5.32 Å². The molecule has 0 saturated carbocycles. The van der Waals surface area contributed by atoms with E-state index in [1.54, 1.807) is 18.3 Å². The van der Waals surface area contributed by atoms with Crippen molar-refractivity contribution in [2.45, 2.75) is 24.6 Å². The number of nitrogens with one attached hydrogen (secondary N) is 1.